The smallest absolute Gasteiger partial charge is 0.331 e. The Morgan fingerprint density at radius 2 is 2.06 bits per heavy atom. The molecule has 0 aromatic carbocycles. The molecule has 0 saturated carbocycles. The van der Waals surface area contributed by atoms with Crippen LogP contribution in [0.3, 0.4) is 0 Å². The number of hydroxylamine groups is 2. The van der Waals surface area contributed by atoms with E-state index < -0.39 is 23.3 Å². The Morgan fingerprint density at radius 1 is 1.34 bits per heavy atom. The molecule has 4 heterocycles. The van der Waals surface area contributed by atoms with E-state index in [2.05, 4.69) is 10.2 Å². The van der Waals surface area contributed by atoms with E-state index >= 15 is 0 Å². The highest BCUT2D eigenvalue weighted by Gasteiger charge is 2.33. The molecule has 1 aliphatic rings. The molecule has 3 aromatic rings. The topological polar surface area (TPSA) is 122 Å². The number of carbonyl (C=O) groups is 1. The molecule has 4 rings (SSSR count). The number of carbonyl (C=O) groups excluding carboxylic acids is 1. The van der Waals surface area contributed by atoms with Gasteiger partial charge in [-0.2, -0.15) is 5.10 Å². The van der Waals surface area contributed by atoms with Gasteiger partial charge in [0.15, 0.2) is 0 Å². The molecule has 2 N–H and O–H groups in total. The van der Waals surface area contributed by atoms with Crippen LogP contribution in [0.25, 0.3) is 10.2 Å². The van der Waals surface area contributed by atoms with E-state index in [-0.39, 0.29) is 30.0 Å². The number of aromatic nitrogens is 4. The van der Waals surface area contributed by atoms with Crippen LogP contribution in [-0.2, 0) is 24.9 Å². The number of thiophene rings is 1. The number of hydrogen-bond donors (Lipinski definition) is 2. The first-order chi connectivity index (χ1) is 15.1. The second-order valence-electron chi connectivity index (χ2n) is 8.64. The normalized spacial score (nSPS) is 16.6. The third-order valence-electron chi connectivity index (χ3n) is 5.65. The number of rotatable bonds is 5. The lowest BCUT2D eigenvalue weighted by atomic mass is 10.0. The maximum absolute atomic E-state index is 13.5. The number of amides is 1. The van der Waals surface area contributed by atoms with E-state index in [0.717, 1.165) is 26.6 Å². The van der Waals surface area contributed by atoms with Crippen molar-refractivity contribution in [3.05, 3.63) is 48.2 Å². The summed E-state index contributed by atoms with van der Waals surface area (Å²) in [7, 11) is 1.42. The zero-order valence-corrected chi connectivity index (χ0v) is 19.6. The molecular weight excluding hydrogens is 434 g/mol. The lowest BCUT2D eigenvalue weighted by Crippen LogP contribution is -2.39. The van der Waals surface area contributed by atoms with Crippen LogP contribution in [0.2, 0.25) is 0 Å². The van der Waals surface area contributed by atoms with Crippen LogP contribution in [0.4, 0.5) is 0 Å². The van der Waals surface area contributed by atoms with Gasteiger partial charge in [-0.1, -0.05) is 13.8 Å². The molecule has 11 heteroatoms. The average Bonchev–Trinajstić information content (AvgIpc) is 3.42. The van der Waals surface area contributed by atoms with Gasteiger partial charge in [-0.15, -0.1) is 11.3 Å². The third-order valence-corrected chi connectivity index (χ3v) is 6.86. The minimum atomic E-state index is -0.785. The SMILES string of the molecule is Cc1n[nH]c(C)c1Cc1sc2c(c1C(=O)N1C[C@@H](O)CO1)c(=O)n(C)c(=O)n2CC(C)C. The van der Waals surface area contributed by atoms with E-state index in [1.807, 2.05) is 27.7 Å². The zero-order valence-electron chi connectivity index (χ0n) is 18.8. The largest absolute Gasteiger partial charge is 0.389 e. The molecule has 0 radical (unpaired) electrons. The summed E-state index contributed by atoms with van der Waals surface area (Å²) in [6.07, 6.45) is -0.406. The number of aliphatic hydroxyl groups excluding tert-OH is 1. The summed E-state index contributed by atoms with van der Waals surface area (Å²) < 4.78 is 2.62. The molecule has 1 amide bonds. The monoisotopic (exact) mass is 461 g/mol. The van der Waals surface area contributed by atoms with Crippen LogP contribution in [0.15, 0.2) is 9.59 Å². The van der Waals surface area contributed by atoms with Crippen LogP contribution in [0.5, 0.6) is 0 Å². The van der Waals surface area contributed by atoms with Crippen molar-refractivity contribution in [2.75, 3.05) is 13.2 Å². The molecule has 0 unspecified atom stereocenters. The van der Waals surface area contributed by atoms with Crippen molar-refractivity contribution in [2.45, 2.75) is 46.8 Å². The maximum atomic E-state index is 13.5. The molecule has 172 valence electrons. The number of aryl methyl sites for hydroxylation is 2. The van der Waals surface area contributed by atoms with Crippen molar-refractivity contribution in [2.24, 2.45) is 13.0 Å². The van der Waals surface area contributed by atoms with Crippen LogP contribution in [0, 0.1) is 19.8 Å². The number of H-pyrrole nitrogens is 1. The van der Waals surface area contributed by atoms with Gasteiger partial charge in [0.1, 0.15) is 17.5 Å². The molecule has 1 fully saturated rings. The Morgan fingerprint density at radius 3 is 2.62 bits per heavy atom. The van der Waals surface area contributed by atoms with Crippen molar-refractivity contribution >= 4 is 27.5 Å². The first kappa shape index (κ1) is 22.4. The van der Waals surface area contributed by atoms with E-state index in [4.69, 9.17) is 4.84 Å². The second kappa shape index (κ2) is 8.30. The summed E-state index contributed by atoms with van der Waals surface area (Å²) in [5, 5.41) is 18.3. The lowest BCUT2D eigenvalue weighted by Gasteiger charge is -2.15. The number of aliphatic hydroxyl groups is 1. The van der Waals surface area contributed by atoms with Crippen LogP contribution >= 0.6 is 11.3 Å². The molecule has 10 nitrogen and oxygen atoms in total. The molecular formula is C21H27N5O5S. The summed E-state index contributed by atoms with van der Waals surface area (Å²) in [5.74, 6) is -0.332. The zero-order chi connectivity index (χ0) is 23.3. The van der Waals surface area contributed by atoms with Gasteiger partial charge in [0.05, 0.1) is 23.2 Å². The number of β-amino-alcohol motifs (C(OH)–C–C–N with tert-alkyl or cyclic N) is 1. The van der Waals surface area contributed by atoms with Gasteiger partial charge in [-0.25, -0.2) is 9.86 Å². The number of fused-ring (bicyclic) bond motifs is 1. The van der Waals surface area contributed by atoms with Crippen molar-refractivity contribution < 1.29 is 14.7 Å². The van der Waals surface area contributed by atoms with Crippen molar-refractivity contribution in [1.82, 2.24) is 24.4 Å². The standard InChI is InChI=1S/C21H27N5O5S/c1-10(2)7-25-20-17(18(28)24(5)21(25)30)16(19(29)26-8-13(27)9-31-26)15(32-20)6-14-11(3)22-23-12(14)4/h10,13,27H,6-9H2,1-5H3,(H,22,23)/t13-/m1/s1. The fourth-order valence-electron chi connectivity index (χ4n) is 3.99. The van der Waals surface area contributed by atoms with Gasteiger partial charge in [-0.05, 0) is 19.8 Å². The number of nitrogens with zero attached hydrogens (tertiary/aromatic N) is 4. The third kappa shape index (κ3) is 3.70. The Bertz CT molecular complexity index is 1300. The van der Waals surface area contributed by atoms with E-state index in [1.165, 1.54) is 18.4 Å². The second-order valence-corrected chi connectivity index (χ2v) is 9.72. The Labute approximate surface area is 188 Å². The molecule has 32 heavy (non-hydrogen) atoms. The first-order valence-electron chi connectivity index (χ1n) is 10.5. The van der Waals surface area contributed by atoms with Crippen LogP contribution in [-0.4, -0.2) is 54.7 Å². The molecule has 0 bridgehead atoms. The minimum absolute atomic E-state index is 0.0131. The molecule has 1 saturated heterocycles. The van der Waals surface area contributed by atoms with E-state index in [9.17, 15) is 19.5 Å². The quantitative estimate of drug-likeness (QED) is 0.587. The van der Waals surface area contributed by atoms with Crippen molar-refractivity contribution in [3.8, 4) is 0 Å². The molecule has 1 atom stereocenters. The van der Waals surface area contributed by atoms with E-state index in [0.29, 0.717) is 22.7 Å². The highest BCUT2D eigenvalue weighted by molar-refractivity contribution is 7.19. The van der Waals surface area contributed by atoms with Gasteiger partial charge < -0.3 is 5.11 Å². The molecule has 1 aliphatic heterocycles. The van der Waals surface area contributed by atoms with Gasteiger partial charge >= 0.3 is 5.69 Å². The minimum Gasteiger partial charge on any atom is -0.389 e. The van der Waals surface area contributed by atoms with Gasteiger partial charge in [-0.3, -0.25) is 28.7 Å². The predicted molar refractivity (Wildman–Crippen MR) is 120 cm³/mol. The summed E-state index contributed by atoms with van der Waals surface area (Å²) in [4.78, 5) is 46.1. The van der Waals surface area contributed by atoms with Gasteiger partial charge in [0.2, 0.25) is 0 Å². The summed E-state index contributed by atoms with van der Waals surface area (Å²) >= 11 is 1.28. The van der Waals surface area contributed by atoms with Crippen LogP contribution < -0.4 is 11.2 Å². The lowest BCUT2D eigenvalue weighted by molar-refractivity contribution is -0.0778. The number of nitrogens with one attached hydrogen (secondary N) is 1. The Hall–Kier alpha value is -2.76. The number of aromatic amines is 1. The van der Waals surface area contributed by atoms with Gasteiger partial charge in [0.25, 0.3) is 11.5 Å². The van der Waals surface area contributed by atoms with Crippen molar-refractivity contribution in [1.29, 1.82) is 0 Å². The highest BCUT2D eigenvalue weighted by Crippen LogP contribution is 2.33. The maximum Gasteiger partial charge on any atom is 0.331 e. The summed E-state index contributed by atoms with van der Waals surface area (Å²) in [6.45, 7) is 8.20. The average molecular weight is 462 g/mol. The highest BCUT2D eigenvalue weighted by atomic mass is 32.1. The molecule has 0 spiro atoms. The first-order valence-corrected chi connectivity index (χ1v) is 11.3. The fourth-order valence-corrected chi connectivity index (χ4v) is 5.28. The predicted octanol–water partition coefficient (Wildman–Crippen LogP) is 1.10. The van der Waals surface area contributed by atoms with Gasteiger partial charge in [0, 0.05) is 36.1 Å². The summed E-state index contributed by atoms with van der Waals surface area (Å²) in [5.41, 5.74) is 1.90. The summed E-state index contributed by atoms with van der Waals surface area (Å²) in [6, 6.07) is 0. The van der Waals surface area contributed by atoms with Crippen molar-refractivity contribution in [3.63, 3.8) is 0 Å². The Balaban J connectivity index is 2.00. The fraction of sp³-hybridized carbons (Fsp3) is 0.524. The molecule has 0 aliphatic carbocycles. The van der Waals surface area contributed by atoms with E-state index in [1.54, 1.807) is 4.57 Å². The van der Waals surface area contributed by atoms with Crippen LogP contribution in [0.1, 0.15) is 46.0 Å². The Kier molecular flexibility index (Phi) is 5.82. The molecule has 3 aromatic heterocycles. The number of hydrogen-bond acceptors (Lipinski definition) is 7.